The summed E-state index contributed by atoms with van der Waals surface area (Å²) < 4.78 is 31.7. The summed E-state index contributed by atoms with van der Waals surface area (Å²) in [6.07, 6.45) is -4.44. The molecule has 0 aromatic heterocycles. The molecule has 0 spiro atoms. The molecule has 0 fully saturated rings. The molecule has 2 aromatic rings. The molecular weight excluding hydrogens is 495 g/mol. The summed E-state index contributed by atoms with van der Waals surface area (Å²) in [5, 5.41) is 12.0. The second-order valence-corrected chi connectivity index (χ2v) is 9.19. The molecule has 0 aliphatic rings. The average molecular weight is 528 g/mol. The molecule has 0 unspecified atom stereocenters. The number of benzene rings is 2. The predicted molar refractivity (Wildman–Crippen MR) is 130 cm³/mol. The molecule has 0 radical (unpaired) electrons. The Balaban J connectivity index is 0.000000856. The van der Waals surface area contributed by atoms with E-state index in [4.69, 9.17) is 20.5 Å². The van der Waals surface area contributed by atoms with Crippen molar-refractivity contribution in [1.29, 1.82) is 0 Å². The van der Waals surface area contributed by atoms with Gasteiger partial charge in [0.15, 0.2) is 5.78 Å². The van der Waals surface area contributed by atoms with Gasteiger partial charge in [0.1, 0.15) is 0 Å². The molecule has 2 amide bonds. The van der Waals surface area contributed by atoms with Crippen LogP contribution in [-0.4, -0.2) is 52.5 Å². The Bertz CT molecular complexity index is 1090. The number of nitrogens with two attached hydrogens (primary N) is 1. The van der Waals surface area contributed by atoms with Crippen LogP contribution in [0.3, 0.4) is 0 Å². The lowest BCUT2D eigenvalue weighted by atomic mass is 9.98. The van der Waals surface area contributed by atoms with E-state index in [1.807, 2.05) is 42.5 Å². The van der Waals surface area contributed by atoms with Gasteiger partial charge < -0.3 is 16.2 Å². The summed E-state index contributed by atoms with van der Waals surface area (Å²) in [4.78, 5) is 50.6. The van der Waals surface area contributed by atoms with Crippen molar-refractivity contribution in [2.75, 3.05) is 0 Å². The number of hydroxylamine groups is 1. The highest BCUT2D eigenvalue weighted by atomic mass is 19.4. The molecule has 9 nitrogen and oxygen atoms in total. The van der Waals surface area contributed by atoms with Crippen molar-refractivity contribution in [2.45, 2.75) is 70.8 Å². The Hall–Kier alpha value is -3.51. The topological polar surface area (TPSA) is 148 Å². The lowest BCUT2D eigenvalue weighted by Gasteiger charge is -2.20. The summed E-state index contributed by atoms with van der Waals surface area (Å²) >= 11 is 0. The fourth-order valence-electron chi connectivity index (χ4n) is 2.93. The van der Waals surface area contributed by atoms with Crippen LogP contribution >= 0.6 is 0 Å². The van der Waals surface area contributed by atoms with Crippen LogP contribution in [0.2, 0.25) is 0 Å². The van der Waals surface area contributed by atoms with E-state index in [1.54, 1.807) is 27.7 Å². The number of aryl methyl sites for hydroxylation is 1. The zero-order valence-electron chi connectivity index (χ0n) is 21.0. The van der Waals surface area contributed by atoms with Gasteiger partial charge in [-0.05, 0) is 50.5 Å². The van der Waals surface area contributed by atoms with Crippen molar-refractivity contribution in [3.63, 3.8) is 0 Å². The van der Waals surface area contributed by atoms with Gasteiger partial charge in [0, 0.05) is 6.42 Å². The first-order valence-corrected chi connectivity index (χ1v) is 11.3. The number of aliphatic carboxylic acids is 1. The fourth-order valence-corrected chi connectivity index (χ4v) is 2.93. The molecule has 12 heteroatoms. The van der Waals surface area contributed by atoms with Gasteiger partial charge in [-0.2, -0.15) is 13.2 Å². The summed E-state index contributed by atoms with van der Waals surface area (Å²) in [6, 6.07) is 12.3. The number of halogens is 3. The SMILES string of the molecule is C[C@H](NC(=O)[C@@H](N)CC(=O)NOC(C)(C)C)C(=O)CCc1cccc2ccccc12.O=C(O)C(F)(F)F. The maximum atomic E-state index is 12.5. The number of hydrogen-bond acceptors (Lipinski definition) is 6. The molecule has 5 N–H and O–H groups in total. The minimum Gasteiger partial charge on any atom is -0.475 e. The highest BCUT2D eigenvalue weighted by molar-refractivity contribution is 5.93. The monoisotopic (exact) mass is 527 g/mol. The largest absolute Gasteiger partial charge is 0.490 e. The Morgan fingerprint density at radius 2 is 1.59 bits per heavy atom. The lowest BCUT2D eigenvalue weighted by molar-refractivity contribution is -0.192. The predicted octanol–water partition coefficient (Wildman–Crippen LogP) is 3.04. The molecule has 0 aliphatic carbocycles. The van der Waals surface area contributed by atoms with E-state index in [2.05, 4.69) is 10.8 Å². The molecule has 0 aliphatic heterocycles. The molecule has 0 saturated heterocycles. The summed E-state index contributed by atoms with van der Waals surface area (Å²) in [5.74, 6) is -3.90. The van der Waals surface area contributed by atoms with Crippen LogP contribution in [0.15, 0.2) is 42.5 Å². The average Bonchev–Trinajstić information content (AvgIpc) is 2.80. The number of carbonyl (C=O) groups excluding carboxylic acids is 3. The van der Waals surface area contributed by atoms with Gasteiger partial charge in [-0.1, -0.05) is 42.5 Å². The van der Waals surface area contributed by atoms with Crippen molar-refractivity contribution < 1.29 is 42.3 Å². The molecule has 0 heterocycles. The van der Waals surface area contributed by atoms with Crippen LogP contribution in [0.5, 0.6) is 0 Å². The first-order valence-electron chi connectivity index (χ1n) is 11.3. The number of Topliss-reactive ketones (excluding diaryl/α,β-unsaturated/α-hetero) is 1. The van der Waals surface area contributed by atoms with Gasteiger partial charge in [-0.15, -0.1) is 0 Å². The van der Waals surface area contributed by atoms with Crippen LogP contribution in [0, 0.1) is 0 Å². The van der Waals surface area contributed by atoms with Crippen molar-refractivity contribution >= 4 is 34.3 Å². The van der Waals surface area contributed by atoms with E-state index in [-0.39, 0.29) is 12.2 Å². The van der Waals surface area contributed by atoms with Crippen LogP contribution in [-0.2, 0) is 30.4 Å². The number of carboxylic acid groups (broad SMARTS) is 1. The second-order valence-electron chi connectivity index (χ2n) is 9.19. The van der Waals surface area contributed by atoms with Crippen molar-refractivity contribution in [1.82, 2.24) is 10.8 Å². The zero-order valence-corrected chi connectivity index (χ0v) is 21.0. The van der Waals surface area contributed by atoms with Crippen molar-refractivity contribution in [3.05, 3.63) is 48.0 Å². The molecule has 0 bridgehead atoms. The van der Waals surface area contributed by atoms with Crippen molar-refractivity contribution in [3.8, 4) is 0 Å². The number of hydrogen-bond donors (Lipinski definition) is 4. The third kappa shape index (κ3) is 11.8. The maximum absolute atomic E-state index is 12.5. The maximum Gasteiger partial charge on any atom is 0.490 e. The number of nitrogens with one attached hydrogen (secondary N) is 2. The highest BCUT2D eigenvalue weighted by Crippen LogP contribution is 2.20. The quantitative estimate of drug-likeness (QED) is 0.367. The van der Waals surface area contributed by atoms with Gasteiger partial charge in [0.2, 0.25) is 11.8 Å². The number of carbonyl (C=O) groups is 4. The number of ketones is 1. The molecule has 204 valence electrons. The number of alkyl halides is 3. The van der Waals surface area contributed by atoms with Crippen molar-refractivity contribution in [2.24, 2.45) is 5.73 Å². The van der Waals surface area contributed by atoms with E-state index >= 15 is 0 Å². The van der Waals surface area contributed by atoms with E-state index in [9.17, 15) is 27.6 Å². The lowest BCUT2D eigenvalue weighted by Crippen LogP contribution is -2.49. The van der Waals surface area contributed by atoms with Gasteiger partial charge in [0.25, 0.3) is 0 Å². The zero-order chi connectivity index (χ0) is 28.4. The number of fused-ring (bicyclic) bond motifs is 1. The summed E-state index contributed by atoms with van der Waals surface area (Å²) in [5.41, 5.74) is 8.61. The minimum atomic E-state index is -5.08. The fraction of sp³-hybridized carbons (Fsp3) is 0.440. The molecule has 37 heavy (non-hydrogen) atoms. The smallest absolute Gasteiger partial charge is 0.475 e. The Labute approximate surface area is 212 Å². The summed E-state index contributed by atoms with van der Waals surface area (Å²) in [6.45, 7) is 6.97. The van der Waals surface area contributed by atoms with Crippen LogP contribution in [0.25, 0.3) is 10.8 Å². The number of carboxylic acids is 1. The Morgan fingerprint density at radius 1 is 1.03 bits per heavy atom. The normalized spacial score (nSPS) is 13.1. The highest BCUT2D eigenvalue weighted by Gasteiger charge is 2.38. The summed E-state index contributed by atoms with van der Waals surface area (Å²) in [7, 11) is 0. The molecule has 0 saturated carbocycles. The van der Waals surface area contributed by atoms with Gasteiger partial charge >= 0.3 is 12.1 Å². The number of rotatable bonds is 9. The molecule has 2 atom stereocenters. The van der Waals surface area contributed by atoms with Gasteiger partial charge in [0.05, 0.1) is 24.1 Å². The number of amides is 2. The van der Waals surface area contributed by atoms with E-state index in [0.29, 0.717) is 12.8 Å². The first kappa shape index (κ1) is 31.5. The van der Waals surface area contributed by atoms with E-state index in [1.165, 1.54) is 0 Å². The van der Waals surface area contributed by atoms with E-state index < -0.39 is 41.6 Å². The Kier molecular flexibility index (Phi) is 11.7. The molecule has 2 aromatic carbocycles. The van der Waals surface area contributed by atoms with Crippen LogP contribution in [0.4, 0.5) is 13.2 Å². The second kappa shape index (κ2) is 13.7. The molecular formula is C25H32F3N3O6. The van der Waals surface area contributed by atoms with Crippen LogP contribution in [0.1, 0.15) is 46.1 Å². The molecule has 2 rings (SSSR count). The van der Waals surface area contributed by atoms with Gasteiger partial charge in [-0.25, -0.2) is 10.3 Å². The standard InChI is InChI=1S/C23H31N3O4.C2HF3O2/c1-15(25-22(29)19(24)14-21(28)26-30-23(2,3)4)20(27)13-12-17-10-7-9-16-8-5-6-11-18(16)17;3-2(4,5)1(6)7/h5-11,15,19H,12-14,24H2,1-4H3,(H,25,29)(H,26,28);(H,6,7)/t15-,19-;/m0./s1. The first-order chi connectivity index (χ1) is 17.0. The third-order valence-electron chi connectivity index (χ3n) is 4.82. The third-order valence-corrected chi connectivity index (χ3v) is 4.82. The van der Waals surface area contributed by atoms with Gasteiger partial charge in [-0.3, -0.25) is 19.2 Å². The van der Waals surface area contributed by atoms with E-state index in [0.717, 1.165) is 16.3 Å². The van der Waals surface area contributed by atoms with Crippen LogP contribution < -0.4 is 16.5 Å². The minimum absolute atomic E-state index is 0.0935. The Morgan fingerprint density at radius 3 is 2.16 bits per heavy atom.